The molecule has 98 valence electrons. The van der Waals surface area contributed by atoms with Gasteiger partial charge in [-0.3, -0.25) is 0 Å². The van der Waals surface area contributed by atoms with Gasteiger partial charge in [0.25, 0.3) is 0 Å². The lowest BCUT2D eigenvalue weighted by Gasteiger charge is -2.44. The van der Waals surface area contributed by atoms with Crippen LogP contribution < -0.4 is 10.6 Å². The summed E-state index contributed by atoms with van der Waals surface area (Å²) in [5.41, 5.74) is 7.31. The summed E-state index contributed by atoms with van der Waals surface area (Å²) in [6, 6.07) is 3.86. The number of rotatable bonds is 1. The van der Waals surface area contributed by atoms with E-state index in [0.29, 0.717) is 5.41 Å². The van der Waals surface area contributed by atoms with Crippen LogP contribution in [-0.2, 0) is 0 Å². The third kappa shape index (κ3) is 2.31. The average Bonchev–Trinajstić information content (AvgIpc) is 2.40. The Bertz CT molecular complexity index is 400. The van der Waals surface area contributed by atoms with Crippen LogP contribution in [0.3, 0.4) is 0 Å². The molecule has 0 atom stereocenters. The first-order valence-corrected chi connectivity index (χ1v) is 7.24. The summed E-state index contributed by atoms with van der Waals surface area (Å²) < 4.78 is 0. The van der Waals surface area contributed by atoms with Gasteiger partial charge in [-0.2, -0.15) is 0 Å². The van der Waals surface area contributed by atoms with Crippen molar-refractivity contribution in [1.82, 2.24) is 4.98 Å². The zero-order valence-corrected chi connectivity index (χ0v) is 11.1. The summed E-state index contributed by atoms with van der Waals surface area (Å²) in [4.78, 5) is 6.84. The van der Waals surface area contributed by atoms with Crippen LogP contribution in [0.4, 0.5) is 11.5 Å². The van der Waals surface area contributed by atoms with Gasteiger partial charge < -0.3 is 10.6 Å². The first-order valence-electron chi connectivity index (χ1n) is 7.24. The van der Waals surface area contributed by atoms with Gasteiger partial charge in [0.05, 0.1) is 0 Å². The number of hydrogen-bond donors (Lipinski definition) is 1. The topological polar surface area (TPSA) is 42.1 Å². The minimum Gasteiger partial charge on any atom is -0.399 e. The third-order valence-electron chi connectivity index (χ3n) is 4.83. The molecular formula is C15H23N3. The molecule has 1 aromatic rings. The van der Waals surface area contributed by atoms with Gasteiger partial charge >= 0.3 is 0 Å². The van der Waals surface area contributed by atoms with Crippen LogP contribution >= 0.6 is 0 Å². The molecule has 1 aliphatic carbocycles. The lowest BCUT2D eigenvalue weighted by molar-refractivity contribution is 0.144. The largest absolute Gasteiger partial charge is 0.399 e. The summed E-state index contributed by atoms with van der Waals surface area (Å²) in [6.45, 7) is 2.30. The SMILES string of the molecule is Nc1ccnc(N2CCC3(CCCCC3)CC2)c1. The molecule has 1 saturated carbocycles. The first-order chi connectivity index (χ1) is 8.77. The molecule has 1 saturated heterocycles. The third-order valence-corrected chi connectivity index (χ3v) is 4.83. The van der Waals surface area contributed by atoms with Gasteiger partial charge in [-0.1, -0.05) is 19.3 Å². The van der Waals surface area contributed by atoms with Crippen LogP contribution in [0.25, 0.3) is 0 Å². The maximum absolute atomic E-state index is 5.83. The molecule has 0 amide bonds. The highest BCUT2D eigenvalue weighted by Crippen LogP contribution is 2.44. The molecule has 2 heterocycles. The highest BCUT2D eigenvalue weighted by atomic mass is 15.2. The van der Waals surface area contributed by atoms with Gasteiger partial charge in [0.1, 0.15) is 5.82 Å². The molecule has 2 fully saturated rings. The smallest absolute Gasteiger partial charge is 0.130 e. The van der Waals surface area contributed by atoms with E-state index in [2.05, 4.69) is 9.88 Å². The van der Waals surface area contributed by atoms with E-state index in [1.807, 2.05) is 18.3 Å². The van der Waals surface area contributed by atoms with Crippen molar-refractivity contribution in [2.75, 3.05) is 23.7 Å². The molecular weight excluding hydrogens is 222 g/mol. The van der Waals surface area contributed by atoms with Crippen molar-refractivity contribution in [1.29, 1.82) is 0 Å². The van der Waals surface area contributed by atoms with Crippen molar-refractivity contribution in [3.8, 4) is 0 Å². The Labute approximate surface area is 109 Å². The Balaban J connectivity index is 1.66. The molecule has 2 N–H and O–H groups in total. The van der Waals surface area contributed by atoms with Gasteiger partial charge in [-0.15, -0.1) is 0 Å². The van der Waals surface area contributed by atoms with Gasteiger partial charge in [-0.05, 0) is 37.2 Å². The maximum atomic E-state index is 5.83. The quantitative estimate of drug-likeness (QED) is 0.826. The molecule has 18 heavy (non-hydrogen) atoms. The molecule has 3 rings (SSSR count). The first kappa shape index (κ1) is 11.8. The van der Waals surface area contributed by atoms with E-state index in [4.69, 9.17) is 5.73 Å². The molecule has 2 aliphatic rings. The van der Waals surface area contributed by atoms with Crippen molar-refractivity contribution in [3.05, 3.63) is 18.3 Å². The van der Waals surface area contributed by atoms with Crippen LogP contribution in [0.1, 0.15) is 44.9 Å². The monoisotopic (exact) mass is 245 g/mol. The molecule has 0 aromatic carbocycles. The van der Waals surface area contributed by atoms with E-state index < -0.39 is 0 Å². The van der Waals surface area contributed by atoms with Gasteiger partial charge in [0.15, 0.2) is 0 Å². The lowest BCUT2D eigenvalue weighted by Crippen LogP contribution is -2.41. The number of anilines is 2. The fourth-order valence-corrected chi connectivity index (χ4v) is 3.62. The minimum absolute atomic E-state index is 0.662. The standard InChI is InChI=1S/C15H23N3/c16-13-4-9-17-14(12-13)18-10-7-15(8-11-18)5-2-1-3-6-15/h4,9,12H,1-3,5-8,10-11H2,(H2,16,17). The minimum atomic E-state index is 0.662. The summed E-state index contributed by atoms with van der Waals surface area (Å²) in [5.74, 6) is 1.06. The van der Waals surface area contributed by atoms with E-state index in [-0.39, 0.29) is 0 Å². The number of nitrogens with two attached hydrogens (primary N) is 1. The number of nitrogen functional groups attached to an aromatic ring is 1. The van der Waals surface area contributed by atoms with Crippen molar-refractivity contribution in [2.24, 2.45) is 5.41 Å². The molecule has 1 spiro atoms. The molecule has 0 radical (unpaired) electrons. The summed E-state index contributed by atoms with van der Waals surface area (Å²) in [5, 5.41) is 0. The van der Waals surface area contributed by atoms with Crippen molar-refractivity contribution >= 4 is 11.5 Å². The number of nitrogens with zero attached hydrogens (tertiary/aromatic N) is 2. The predicted octanol–water partition coefficient (Wildman–Crippen LogP) is 3.21. The molecule has 3 heteroatoms. The maximum Gasteiger partial charge on any atom is 0.130 e. The normalized spacial score (nSPS) is 23.2. The van der Waals surface area contributed by atoms with E-state index in [9.17, 15) is 0 Å². The Hall–Kier alpha value is -1.25. The van der Waals surface area contributed by atoms with Crippen molar-refractivity contribution < 1.29 is 0 Å². The Morgan fingerprint density at radius 1 is 1.06 bits per heavy atom. The van der Waals surface area contributed by atoms with Crippen molar-refractivity contribution in [3.63, 3.8) is 0 Å². The molecule has 0 bridgehead atoms. The van der Waals surface area contributed by atoms with Crippen LogP contribution in [0.2, 0.25) is 0 Å². The number of aromatic nitrogens is 1. The van der Waals surface area contributed by atoms with Crippen LogP contribution in [0.15, 0.2) is 18.3 Å². The summed E-state index contributed by atoms with van der Waals surface area (Å²) in [6.07, 6.45) is 11.7. The Morgan fingerprint density at radius 3 is 2.44 bits per heavy atom. The van der Waals surface area contributed by atoms with E-state index >= 15 is 0 Å². The van der Waals surface area contributed by atoms with Crippen molar-refractivity contribution in [2.45, 2.75) is 44.9 Å². The fraction of sp³-hybridized carbons (Fsp3) is 0.667. The molecule has 1 aromatic heterocycles. The van der Waals surface area contributed by atoms with Gasteiger partial charge in [0, 0.05) is 31.0 Å². The zero-order chi connectivity index (χ0) is 12.4. The second kappa shape index (κ2) is 4.79. The molecule has 0 unspecified atom stereocenters. The van der Waals surface area contributed by atoms with E-state index in [1.165, 1.54) is 44.9 Å². The Kier molecular flexibility index (Phi) is 3.14. The number of piperidine rings is 1. The fourth-order valence-electron chi connectivity index (χ4n) is 3.62. The van der Waals surface area contributed by atoms with Gasteiger partial charge in [0.2, 0.25) is 0 Å². The van der Waals surface area contributed by atoms with Gasteiger partial charge in [-0.25, -0.2) is 4.98 Å². The van der Waals surface area contributed by atoms with Crippen LogP contribution in [-0.4, -0.2) is 18.1 Å². The Morgan fingerprint density at radius 2 is 1.78 bits per heavy atom. The zero-order valence-electron chi connectivity index (χ0n) is 11.1. The highest BCUT2D eigenvalue weighted by Gasteiger charge is 2.35. The number of hydrogen-bond acceptors (Lipinski definition) is 3. The summed E-state index contributed by atoms with van der Waals surface area (Å²) in [7, 11) is 0. The molecule has 3 nitrogen and oxygen atoms in total. The highest BCUT2D eigenvalue weighted by molar-refractivity contribution is 5.50. The molecule has 1 aliphatic heterocycles. The lowest BCUT2D eigenvalue weighted by atomic mass is 9.68. The van der Waals surface area contributed by atoms with Crippen LogP contribution in [0, 0.1) is 5.41 Å². The average molecular weight is 245 g/mol. The van der Waals surface area contributed by atoms with E-state index in [0.717, 1.165) is 24.6 Å². The second-order valence-corrected chi connectivity index (χ2v) is 6.00. The summed E-state index contributed by atoms with van der Waals surface area (Å²) >= 11 is 0. The number of pyridine rings is 1. The van der Waals surface area contributed by atoms with Crippen LogP contribution in [0.5, 0.6) is 0 Å². The van der Waals surface area contributed by atoms with E-state index in [1.54, 1.807) is 0 Å². The predicted molar refractivity (Wildman–Crippen MR) is 75.6 cm³/mol. The second-order valence-electron chi connectivity index (χ2n) is 6.00.